The van der Waals surface area contributed by atoms with Crippen LogP contribution < -0.4 is 0 Å². The Balaban J connectivity index is 2.85. The zero-order valence-electron chi connectivity index (χ0n) is 7.06. The van der Waals surface area contributed by atoms with Crippen molar-refractivity contribution in [2.45, 2.75) is 12.5 Å². The summed E-state index contributed by atoms with van der Waals surface area (Å²) >= 11 is 0. The van der Waals surface area contributed by atoms with Crippen molar-refractivity contribution in [3.8, 4) is 0 Å². The molecular formula is C8H10O5. The van der Waals surface area contributed by atoms with Gasteiger partial charge in [0.1, 0.15) is 0 Å². The van der Waals surface area contributed by atoms with Crippen LogP contribution >= 0.6 is 0 Å². The molecular weight excluding hydrogens is 176 g/mol. The zero-order chi connectivity index (χ0) is 10.0. The van der Waals surface area contributed by atoms with Gasteiger partial charge in [-0.1, -0.05) is 0 Å². The number of ether oxygens (including phenoxy) is 1. The Kier molecular flexibility index (Phi) is 2.67. The summed E-state index contributed by atoms with van der Waals surface area (Å²) in [5, 5.41) is 17.8. The molecule has 0 radical (unpaired) electrons. The van der Waals surface area contributed by atoms with Crippen molar-refractivity contribution in [2.75, 3.05) is 7.11 Å². The maximum absolute atomic E-state index is 11.0. The Morgan fingerprint density at radius 1 is 1.62 bits per heavy atom. The normalized spacial score (nSPS) is 26.8. The van der Waals surface area contributed by atoms with Gasteiger partial charge in [0, 0.05) is 0 Å². The Morgan fingerprint density at radius 3 is 2.69 bits per heavy atom. The highest BCUT2D eigenvalue weighted by atomic mass is 16.5. The van der Waals surface area contributed by atoms with Gasteiger partial charge in [0.15, 0.2) is 0 Å². The van der Waals surface area contributed by atoms with Gasteiger partial charge in [-0.15, -0.1) is 0 Å². The predicted octanol–water partition coefficient (Wildman–Crippen LogP) is -0.449. The van der Waals surface area contributed by atoms with Gasteiger partial charge in [0.25, 0.3) is 0 Å². The van der Waals surface area contributed by atoms with E-state index in [1.54, 1.807) is 0 Å². The summed E-state index contributed by atoms with van der Waals surface area (Å²) in [5.74, 6) is -2.75. The number of esters is 1. The van der Waals surface area contributed by atoms with Gasteiger partial charge >= 0.3 is 11.9 Å². The van der Waals surface area contributed by atoms with Crippen LogP contribution in [0, 0.1) is 5.92 Å². The fourth-order valence-corrected chi connectivity index (χ4v) is 1.32. The van der Waals surface area contributed by atoms with E-state index >= 15 is 0 Å². The molecule has 5 heteroatoms. The van der Waals surface area contributed by atoms with E-state index in [1.807, 2.05) is 0 Å². The van der Waals surface area contributed by atoms with Crippen molar-refractivity contribution in [1.82, 2.24) is 0 Å². The molecule has 0 bridgehead atoms. The molecule has 0 aromatic rings. The number of carbonyl (C=O) groups is 2. The summed E-state index contributed by atoms with van der Waals surface area (Å²) in [6.45, 7) is 0. The lowest BCUT2D eigenvalue weighted by Crippen LogP contribution is -2.19. The number of aliphatic hydroxyl groups is 1. The average molecular weight is 186 g/mol. The molecule has 72 valence electrons. The molecule has 0 heterocycles. The monoisotopic (exact) mass is 186 g/mol. The third-order valence-corrected chi connectivity index (χ3v) is 1.94. The van der Waals surface area contributed by atoms with Crippen LogP contribution in [0.5, 0.6) is 0 Å². The van der Waals surface area contributed by atoms with E-state index in [4.69, 9.17) is 10.2 Å². The van der Waals surface area contributed by atoms with E-state index in [9.17, 15) is 9.59 Å². The van der Waals surface area contributed by atoms with Crippen LogP contribution in [0.4, 0.5) is 0 Å². The van der Waals surface area contributed by atoms with Gasteiger partial charge in [-0.3, -0.25) is 4.79 Å². The Bertz CT molecular complexity index is 268. The molecule has 0 saturated carbocycles. The Labute approximate surface area is 74.6 Å². The predicted molar refractivity (Wildman–Crippen MR) is 41.8 cm³/mol. The lowest BCUT2D eigenvalue weighted by molar-refractivity contribution is -0.144. The van der Waals surface area contributed by atoms with E-state index in [0.717, 1.165) is 0 Å². The third-order valence-electron chi connectivity index (χ3n) is 1.94. The molecule has 5 nitrogen and oxygen atoms in total. The quantitative estimate of drug-likeness (QED) is 0.571. The highest BCUT2D eigenvalue weighted by Crippen LogP contribution is 2.27. The first kappa shape index (κ1) is 9.73. The van der Waals surface area contributed by atoms with Crippen LogP contribution in [-0.4, -0.2) is 35.4 Å². The van der Waals surface area contributed by atoms with Crippen LogP contribution in [0.1, 0.15) is 6.42 Å². The van der Waals surface area contributed by atoms with Crippen LogP contribution in [-0.2, 0) is 14.3 Å². The van der Waals surface area contributed by atoms with Gasteiger partial charge in [-0.2, -0.15) is 0 Å². The molecule has 0 fully saturated rings. The standard InChI is InChI=1S/C8H10O5/c1-13-8(12)6-3-4(9)2-5(6)7(10)11/h3-5,9H,2H2,1H3,(H,10,11)/t4-,5+/m1/s1. The molecule has 2 atom stereocenters. The lowest BCUT2D eigenvalue weighted by Gasteiger charge is -2.07. The van der Waals surface area contributed by atoms with Crippen molar-refractivity contribution >= 4 is 11.9 Å². The zero-order valence-corrected chi connectivity index (χ0v) is 7.06. The molecule has 0 aromatic carbocycles. The van der Waals surface area contributed by atoms with Crippen LogP contribution in [0.3, 0.4) is 0 Å². The van der Waals surface area contributed by atoms with E-state index < -0.39 is 24.0 Å². The average Bonchev–Trinajstić information content (AvgIpc) is 2.46. The first-order chi connectivity index (χ1) is 6.06. The van der Waals surface area contributed by atoms with E-state index in [-0.39, 0.29) is 12.0 Å². The molecule has 0 saturated heterocycles. The molecule has 0 aliphatic heterocycles. The summed E-state index contributed by atoms with van der Waals surface area (Å²) in [4.78, 5) is 21.6. The summed E-state index contributed by atoms with van der Waals surface area (Å²) in [5.41, 5.74) is 0.0301. The number of rotatable bonds is 2. The minimum Gasteiger partial charge on any atom is -0.481 e. The third kappa shape index (κ3) is 1.86. The molecule has 0 unspecified atom stereocenters. The number of aliphatic hydroxyl groups excluding tert-OH is 1. The number of carboxylic acids is 1. The summed E-state index contributed by atoms with van der Waals surface area (Å²) in [6.07, 6.45) is 0.403. The van der Waals surface area contributed by atoms with Crippen molar-refractivity contribution in [3.63, 3.8) is 0 Å². The molecule has 2 N–H and O–H groups in total. The second kappa shape index (κ2) is 3.57. The van der Waals surface area contributed by atoms with Gasteiger partial charge in [0.2, 0.25) is 0 Å². The van der Waals surface area contributed by atoms with Crippen molar-refractivity contribution in [2.24, 2.45) is 5.92 Å². The minimum absolute atomic E-state index is 0.0301. The van der Waals surface area contributed by atoms with Crippen molar-refractivity contribution < 1.29 is 24.5 Å². The topological polar surface area (TPSA) is 83.8 Å². The maximum Gasteiger partial charge on any atom is 0.334 e. The molecule has 1 rings (SSSR count). The number of aliphatic carboxylic acids is 1. The first-order valence-electron chi connectivity index (χ1n) is 3.77. The molecule has 1 aliphatic rings. The SMILES string of the molecule is COC(=O)C1=C[C@H](O)C[C@@H]1C(=O)O. The highest BCUT2D eigenvalue weighted by molar-refractivity contribution is 5.96. The van der Waals surface area contributed by atoms with Gasteiger partial charge < -0.3 is 14.9 Å². The number of hydrogen-bond acceptors (Lipinski definition) is 4. The minimum atomic E-state index is -1.12. The van der Waals surface area contributed by atoms with Crippen LogP contribution in [0.2, 0.25) is 0 Å². The molecule has 0 aromatic heterocycles. The molecule has 0 spiro atoms. The maximum atomic E-state index is 11.0. The second-order valence-electron chi connectivity index (χ2n) is 2.81. The Morgan fingerprint density at radius 2 is 2.23 bits per heavy atom. The summed E-state index contributed by atoms with van der Waals surface area (Å²) in [7, 11) is 1.17. The number of carbonyl (C=O) groups excluding carboxylic acids is 1. The number of hydrogen-bond donors (Lipinski definition) is 2. The second-order valence-corrected chi connectivity index (χ2v) is 2.81. The summed E-state index contributed by atoms with van der Waals surface area (Å²) < 4.78 is 4.38. The van der Waals surface area contributed by atoms with E-state index in [1.165, 1.54) is 13.2 Å². The largest absolute Gasteiger partial charge is 0.481 e. The van der Waals surface area contributed by atoms with Gasteiger partial charge in [-0.05, 0) is 12.5 Å². The summed E-state index contributed by atoms with van der Waals surface area (Å²) in [6, 6.07) is 0. The first-order valence-corrected chi connectivity index (χ1v) is 3.77. The highest BCUT2D eigenvalue weighted by Gasteiger charge is 2.35. The fourth-order valence-electron chi connectivity index (χ4n) is 1.32. The van der Waals surface area contributed by atoms with Crippen LogP contribution in [0.25, 0.3) is 0 Å². The molecule has 13 heavy (non-hydrogen) atoms. The van der Waals surface area contributed by atoms with Crippen molar-refractivity contribution in [1.29, 1.82) is 0 Å². The number of methoxy groups -OCH3 is 1. The smallest absolute Gasteiger partial charge is 0.334 e. The van der Waals surface area contributed by atoms with Gasteiger partial charge in [0.05, 0.1) is 24.7 Å². The number of carboxylic acid groups (broad SMARTS) is 1. The molecule has 0 amide bonds. The van der Waals surface area contributed by atoms with E-state index in [2.05, 4.69) is 4.74 Å². The fraction of sp³-hybridized carbons (Fsp3) is 0.500. The molecule has 1 aliphatic carbocycles. The van der Waals surface area contributed by atoms with Crippen LogP contribution in [0.15, 0.2) is 11.6 Å². The lowest BCUT2D eigenvalue weighted by atomic mass is 10.0. The van der Waals surface area contributed by atoms with Gasteiger partial charge in [-0.25, -0.2) is 4.79 Å². The Hall–Kier alpha value is -1.36. The van der Waals surface area contributed by atoms with E-state index in [0.29, 0.717) is 0 Å². The van der Waals surface area contributed by atoms with Crippen molar-refractivity contribution in [3.05, 3.63) is 11.6 Å².